The third-order valence-electron chi connectivity index (χ3n) is 3.80. The van der Waals surface area contributed by atoms with Crippen LogP contribution in [0.2, 0.25) is 0 Å². The highest BCUT2D eigenvalue weighted by molar-refractivity contribution is 7.89. The fourth-order valence-electron chi connectivity index (χ4n) is 2.23. The van der Waals surface area contributed by atoms with Gasteiger partial charge in [-0.2, -0.15) is 0 Å². The van der Waals surface area contributed by atoms with Crippen LogP contribution in [-0.2, 0) is 10.0 Å². The number of hydrogen-bond acceptors (Lipinski definition) is 4. The monoisotopic (exact) mass is 362 g/mol. The molecule has 0 bridgehead atoms. The summed E-state index contributed by atoms with van der Waals surface area (Å²) in [6, 6.07) is 13.5. The second-order valence-electron chi connectivity index (χ2n) is 5.57. The maximum absolute atomic E-state index is 12.4. The van der Waals surface area contributed by atoms with Crippen LogP contribution in [0.25, 0.3) is 0 Å². The van der Waals surface area contributed by atoms with E-state index in [4.69, 9.17) is 4.74 Å². The minimum atomic E-state index is -3.50. The fourth-order valence-corrected chi connectivity index (χ4v) is 2.96. The number of ether oxygens (including phenoxy) is 1. The van der Waals surface area contributed by atoms with Gasteiger partial charge in [0.2, 0.25) is 10.0 Å². The Morgan fingerprint density at radius 2 is 1.76 bits per heavy atom. The van der Waals surface area contributed by atoms with E-state index >= 15 is 0 Å². The van der Waals surface area contributed by atoms with E-state index in [-0.39, 0.29) is 10.8 Å². The van der Waals surface area contributed by atoms with Crippen LogP contribution in [0.15, 0.2) is 53.4 Å². The summed E-state index contributed by atoms with van der Waals surface area (Å²) >= 11 is 0. The van der Waals surface area contributed by atoms with Crippen LogP contribution in [0, 0.1) is 6.92 Å². The number of benzene rings is 2. The van der Waals surface area contributed by atoms with Crippen LogP contribution in [0.1, 0.15) is 15.9 Å². The molecule has 0 aliphatic heterocycles. The van der Waals surface area contributed by atoms with Gasteiger partial charge in [-0.05, 0) is 49.9 Å². The fraction of sp³-hybridized carbons (Fsp3) is 0.278. The third kappa shape index (κ3) is 4.80. The van der Waals surface area contributed by atoms with Crippen molar-refractivity contribution in [3.63, 3.8) is 0 Å². The molecule has 7 heteroatoms. The Balaban J connectivity index is 1.94. The van der Waals surface area contributed by atoms with Gasteiger partial charge in [-0.25, -0.2) is 13.1 Å². The summed E-state index contributed by atoms with van der Waals surface area (Å²) in [4.78, 5) is 14.1. The van der Waals surface area contributed by atoms with Crippen molar-refractivity contribution in [3.05, 3.63) is 59.7 Å². The van der Waals surface area contributed by atoms with Gasteiger partial charge >= 0.3 is 0 Å². The Labute approximate surface area is 148 Å². The molecule has 0 fully saturated rings. The molecule has 0 aromatic heterocycles. The number of likely N-dealkylation sites (N-methyl/N-ethyl adjacent to an activating group) is 1. The Bertz CT molecular complexity index is 832. The van der Waals surface area contributed by atoms with Gasteiger partial charge in [0.15, 0.2) is 0 Å². The van der Waals surface area contributed by atoms with Crippen LogP contribution in [0.3, 0.4) is 0 Å². The van der Waals surface area contributed by atoms with E-state index in [1.54, 1.807) is 11.9 Å². The van der Waals surface area contributed by atoms with Crippen LogP contribution >= 0.6 is 0 Å². The highest BCUT2D eigenvalue weighted by atomic mass is 32.2. The first-order valence-electron chi connectivity index (χ1n) is 7.82. The summed E-state index contributed by atoms with van der Waals surface area (Å²) < 4.78 is 31.3. The topological polar surface area (TPSA) is 75.7 Å². The van der Waals surface area contributed by atoms with Gasteiger partial charge in [0.05, 0.1) is 11.4 Å². The molecule has 0 heterocycles. The van der Waals surface area contributed by atoms with E-state index in [1.165, 1.54) is 31.3 Å². The molecule has 0 aliphatic carbocycles. The van der Waals surface area contributed by atoms with E-state index in [2.05, 4.69) is 4.72 Å². The van der Waals surface area contributed by atoms with Crippen molar-refractivity contribution in [3.8, 4) is 5.75 Å². The van der Waals surface area contributed by atoms with Crippen molar-refractivity contribution in [2.45, 2.75) is 11.8 Å². The smallest absolute Gasteiger partial charge is 0.253 e. The molecule has 6 nitrogen and oxygen atoms in total. The Morgan fingerprint density at radius 3 is 2.36 bits per heavy atom. The van der Waals surface area contributed by atoms with Gasteiger partial charge in [-0.15, -0.1) is 0 Å². The zero-order chi connectivity index (χ0) is 18.4. The van der Waals surface area contributed by atoms with Crippen LogP contribution < -0.4 is 9.46 Å². The predicted molar refractivity (Wildman–Crippen MR) is 96.3 cm³/mol. The van der Waals surface area contributed by atoms with E-state index in [1.807, 2.05) is 31.2 Å². The normalized spacial score (nSPS) is 11.2. The standard InChI is InChI=1S/C18H22N2O4S/c1-14-6-4-5-7-17(14)24-13-12-20(3)18(21)15-8-10-16(11-9-15)25(22,23)19-2/h4-11,19H,12-13H2,1-3H3. The molecule has 0 radical (unpaired) electrons. The molecule has 1 N–H and O–H groups in total. The summed E-state index contributed by atoms with van der Waals surface area (Å²) in [7, 11) is -0.479. The first kappa shape index (κ1) is 19.0. The van der Waals surface area contributed by atoms with Crippen molar-refractivity contribution < 1.29 is 17.9 Å². The van der Waals surface area contributed by atoms with Gasteiger partial charge in [-0.1, -0.05) is 18.2 Å². The van der Waals surface area contributed by atoms with Crippen molar-refractivity contribution in [2.75, 3.05) is 27.2 Å². The molecule has 25 heavy (non-hydrogen) atoms. The third-order valence-corrected chi connectivity index (χ3v) is 5.24. The van der Waals surface area contributed by atoms with E-state index in [0.717, 1.165) is 11.3 Å². The molecular formula is C18H22N2O4S. The number of carbonyl (C=O) groups excluding carboxylic acids is 1. The number of nitrogens with one attached hydrogen (secondary N) is 1. The molecule has 2 aromatic carbocycles. The minimum absolute atomic E-state index is 0.122. The summed E-state index contributed by atoms with van der Waals surface area (Å²) in [5.41, 5.74) is 1.46. The lowest BCUT2D eigenvalue weighted by Crippen LogP contribution is -2.31. The maximum atomic E-state index is 12.4. The summed E-state index contributed by atoms with van der Waals surface area (Å²) in [6.45, 7) is 2.76. The summed E-state index contributed by atoms with van der Waals surface area (Å²) in [5, 5.41) is 0. The van der Waals surface area contributed by atoms with Crippen molar-refractivity contribution in [1.82, 2.24) is 9.62 Å². The first-order valence-corrected chi connectivity index (χ1v) is 9.31. The number of carbonyl (C=O) groups is 1. The van der Waals surface area contributed by atoms with Gasteiger partial charge in [0.25, 0.3) is 5.91 Å². The lowest BCUT2D eigenvalue weighted by molar-refractivity contribution is 0.0773. The van der Waals surface area contributed by atoms with Crippen LogP contribution in [0.4, 0.5) is 0 Å². The average molecular weight is 362 g/mol. The van der Waals surface area contributed by atoms with Crippen LogP contribution in [0.5, 0.6) is 5.75 Å². The number of rotatable bonds is 7. The Kier molecular flexibility index (Phi) is 6.17. The number of sulfonamides is 1. The Morgan fingerprint density at radius 1 is 1.12 bits per heavy atom. The second-order valence-corrected chi connectivity index (χ2v) is 7.46. The molecule has 2 rings (SSSR count). The number of hydrogen-bond donors (Lipinski definition) is 1. The predicted octanol–water partition coefficient (Wildman–Crippen LogP) is 2.05. The summed E-state index contributed by atoms with van der Waals surface area (Å²) in [6.07, 6.45) is 0. The molecule has 0 saturated heterocycles. The van der Waals surface area contributed by atoms with Gasteiger partial charge in [0.1, 0.15) is 12.4 Å². The number of nitrogens with zero attached hydrogens (tertiary/aromatic N) is 1. The molecule has 0 spiro atoms. The SMILES string of the molecule is CNS(=O)(=O)c1ccc(C(=O)N(C)CCOc2ccccc2C)cc1. The second kappa shape index (κ2) is 8.13. The molecule has 0 atom stereocenters. The zero-order valence-electron chi connectivity index (χ0n) is 14.5. The van der Waals surface area contributed by atoms with Gasteiger partial charge < -0.3 is 9.64 Å². The average Bonchev–Trinajstić information content (AvgIpc) is 2.62. The maximum Gasteiger partial charge on any atom is 0.253 e. The van der Waals surface area contributed by atoms with E-state index in [0.29, 0.717) is 18.7 Å². The quantitative estimate of drug-likeness (QED) is 0.818. The van der Waals surface area contributed by atoms with Gasteiger partial charge in [-0.3, -0.25) is 4.79 Å². The number of amides is 1. The van der Waals surface area contributed by atoms with Crippen molar-refractivity contribution in [2.24, 2.45) is 0 Å². The Hall–Kier alpha value is -2.38. The van der Waals surface area contributed by atoms with Gasteiger partial charge in [0, 0.05) is 12.6 Å². The lowest BCUT2D eigenvalue weighted by atomic mass is 10.2. The zero-order valence-corrected chi connectivity index (χ0v) is 15.3. The highest BCUT2D eigenvalue weighted by Gasteiger charge is 2.15. The molecule has 2 aromatic rings. The lowest BCUT2D eigenvalue weighted by Gasteiger charge is -2.18. The molecule has 0 aliphatic rings. The summed E-state index contributed by atoms with van der Waals surface area (Å²) in [5.74, 6) is 0.603. The number of aryl methyl sites for hydroxylation is 1. The van der Waals surface area contributed by atoms with Crippen LogP contribution in [-0.4, -0.2) is 46.5 Å². The van der Waals surface area contributed by atoms with Crippen molar-refractivity contribution >= 4 is 15.9 Å². The minimum Gasteiger partial charge on any atom is -0.491 e. The first-order chi connectivity index (χ1) is 11.8. The van der Waals surface area contributed by atoms with E-state index in [9.17, 15) is 13.2 Å². The molecule has 0 unspecified atom stereocenters. The molecular weight excluding hydrogens is 340 g/mol. The molecule has 0 saturated carbocycles. The highest BCUT2D eigenvalue weighted by Crippen LogP contribution is 2.16. The van der Waals surface area contributed by atoms with E-state index < -0.39 is 10.0 Å². The molecule has 134 valence electrons. The largest absolute Gasteiger partial charge is 0.491 e. The molecule has 1 amide bonds. The van der Waals surface area contributed by atoms with Crippen molar-refractivity contribution in [1.29, 1.82) is 0 Å². The number of para-hydroxylation sites is 1.